The molecule has 220 valence electrons. The van der Waals surface area contributed by atoms with Gasteiger partial charge in [-0.15, -0.1) is 0 Å². The second kappa shape index (κ2) is 12.4. The fourth-order valence-electron chi connectivity index (χ4n) is 5.28. The van der Waals surface area contributed by atoms with Crippen molar-refractivity contribution in [1.82, 2.24) is 14.9 Å². The number of primary amides is 1. The zero-order chi connectivity index (χ0) is 29.8. The number of aliphatic hydroxyl groups is 1. The molecule has 1 aliphatic heterocycles. The number of rotatable bonds is 11. The largest absolute Gasteiger partial charge is 0.459 e. The van der Waals surface area contributed by atoms with Crippen LogP contribution >= 0.6 is 0 Å². The maximum atomic E-state index is 13.7. The highest BCUT2D eigenvalue weighted by Crippen LogP contribution is 2.47. The molecule has 6 atom stereocenters. The van der Waals surface area contributed by atoms with Crippen LogP contribution in [0.1, 0.15) is 32.3 Å². The van der Waals surface area contributed by atoms with Crippen molar-refractivity contribution in [2.24, 2.45) is 29.2 Å². The van der Waals surface area contributed by atoms with E-state index in [1.54, 1.807) is 60.8 Å². The molecule has 40 heavy (non-hydrogen) atoms. The molecule has 0 aromatic heterocycles. The van der Waals surface area contributed by atoms with Crippen molar-refractivity contribution in [2.45, 2.75) is 51.0 Å². The minimum absolute atomic E-state index is 0.110. The molecule has 1 aromatic rings. The normalized spacial score (nSPS) is 25.7. The Kier molecular flexibility index (Phi) is 9.59. The van der Waals surface area contributed by atoms with Gasteiger partial charge in [0.25, 0.3) is 5.91 Å². The third kappa shape index (κ3) is 6.62. The van der Waals surface area contributed by atoms with Crippen LogP contribution in [0.3, 0.4) is 0 Å². The molecule has 14 heteroatoms. The summed E-state index contributed by atoms with van der Waals surface area (Å²) >= 11 is 0. The highest BCUT2D eigenvalue weighted by atomic mass is 32.2. The number of sulfonamides is 1. The molecular formula is C26H37N5O8S. The average molecular weight is 580 g/mol. The number of nitrogens with one attached hydrogen (secondary N) is 2. The lowest BCUT2D eigenvalue weighted by atomic mass is 9.77. The van der Waals surface area contributed by atoms with Gasteiger partial charge in [0.1, 0.15) is 12.4 Å². The summed E-state index contributed by atoms with van der Waals surface area (Å²) in [7, 11) is -2.89. The number of carbonyl (C=O) groups is 4. The lowest BCUT2D eigenvalue weighted by Gasteiger charge is -2.41. The average Bonchev–Trinajstić information content (AvgIpc) is 3.16. The van der Waals surface area contributed by atoms with Gasteiger partial charge in [0.05, 0.1) is 12.1 Å². The minimum atomic E-state index is -4.52. The first kappa shape index (κ1) is 31.0. The smallest absolute Gasteiger partial charge is 0.335 e. The Bertz CT molecular complexity index is 1270. The van der Waals surface area contributed by atoms with Crippen molar-refractivity contribution >= 4 is 33.7 Å². The van der Waals surface area contributed by atoms with E-state index in [4.69, 9.17) is 16.2 Å². The van der Waals surface area contributed by atoms with Gasteiger partial charge >= 0.3 is 5.97 Å². The van der Waals surface area contributed by atoms with Crippen LogP contribution in [-0.2, 0) is 40.5 Å². The zero-order valence-corrected chi connectivity index (χ0v) is 23.5. The Labute approximate surface area is 233 Å². The van der Waals surface area contributed by atoms with Crippen LogP contribution in [0, 0.1) is 17.8 Å². The van der Waals surface area contributed by atoms with Gasteiger partial charge in [0, 0.05) is 37.2 Å². The molecule has 2 aliphatic rings. The summed E-state index contributed by atoms with van der Waals surface area (Å²) in [4.78, 5) is 52.9. The van der Waals surface area contributed by atoms with E-state index in [9.17, 15) is 32.7 Å². The summed E-state index contributed by atoms with van der Waals surface area (Å²) in [5.74, 6) is -7.01. The molecule has 0 spiro atoms. The van der Waals surface area contributed by atoms with Crippen LogP contribution in [0.15, 0.2) is 42.1 Å². The summed E-state index contributed by atoms with van der Waals surface area (Å²) in [6.07, 6.45) is 0.393. The van der Waals surface area contributed by atoms with E-state index in [-0.39, 0.29) is 31.1 Å². The van der Waals surface area contributed by atoms with E-state index >= 15 is 0 Å². The van der Waals surface area contributed by atoms with Crippen LogP contribution in [0.25, 0.3) is 0 Å². The summed E-state index contributed by atoms with van der Waals surface area (Å²) in [5, 5.41) is 13.6. The molecule has 1 fully saturated rings. The Morgan fingerprint density at radius 2 is 1.88 bits per heavy atom. The number of fused-ring (bicyclic) bond motifs is 1. The maximum absolute atomic E-state index is 13.7. The fourth-order valence-corrected chi connectivity index (χ4v) is 6.21. The molecule has 1 saturated carbocycles. The third-order valence-corrected chi connectivity index (χ3v) is 8.79. The first-order valence-electron chi connectivity index (χ1n) is 12.9. The standard InChI is InChI=1S/C26H37N5O8S/c1-4-15(2)22(27)24(35)30-40(37,38)14-21(33)29-26(25(36)39-13-16-8-6-5-7-9-16)19-12-31(3)11-18(23(28)34)17(19)10-20(26)32/h5-9,11,15,17,19-20,22,32H,4,10,12-14,27H2,1-3H3,(H2,28,34)(H,29,33)(H,30,35)/t15-,17-,19+,20-,22-,26+/m0/s1. The Hall–Kier alpha value is -3.49. The van der Waals surface area contributed by atoms with E-state index in [0.29, 0.717) is 12.0 Å². The van der Waals surface area contributed by atoms with Gasteiger partial charge in [0.2, 0.25) is 21.8 Å². The van der Waals surface area contributed by atoms with Crippen molar-refractivity contribution in [3.63, 3.8) is 0 Å². The second-order valence-corrected chi connectivity index (χ2v) is 12.2. The van der Waals surface area contributed by atoms with Crippen molar-refractivity contribution in [2.75, 3.05) is 19.3 Å². The summed E-state index contributed by atoms with van der Waals surface area (Å²) in [6.45, 7) is 3.41. The van der Waals surface area contributed by atoms with E-state index in [1.807, 2.05) is 0 Å². The SMILES string of the molecule is CC[C@H](C)[C@H](N)C(=O)NS(=O)(=O)CC(=O)N[C@]1(C(=O)OCc2ccccc2)[C@@H]2CN(C)C=C(C(N)=O)[C@@H]2C[C@@H]1O. The van der Waals surface area contributed by atoms with Gasteiger partial charge in [-0.05, 0) is 17.9 Å². The summed E-state index contributed by atoms with van der Waals surface area (Å²) < 4.78 is 32.7. The van der Waals surface area contributed by atoms with Crippen molar-refractivity contribution in [3.8, 4) is 0 Å². The van der Waals surface area contributed by atoms with Crippen molar-refractivity contribution in [1.29, 1.82) is 0 Å². The Balaban J connectivity index is 1.89. The van der Waals surface area contributed by atoms with Crippen LogP contribution in [0.2, 0.25) is 0 Å². The maximum Gasteiger partial charge on any atom is 0.335 e. The molecule has 3 amide bonds. The van der Waals surface area contributed by atoms with E-state index < -0.39 is 69.0 Å². The van der Waals surface area contributed by atoms with Crippen LogP contribution in [0.4, 0.5) is 0 Å². The van der Waals surface area contributed by atoms with E-state index in [1.165, 1.54) is 6.20 Å². The van der Waals surface area contributed by atoms with Crippen LogP contribution in [-0.4, -0.2) is 79.1 Å². The molecule has 7 N–H and O–H groups in total. The predicted octanol–water partition coefficient (Wildman–Crippen LogP) is -1.28. The predicted molar refractivity (Wildman–Crippen MR) is 144 cm³/mol. The van der Waals surface area contributed by atoms with E-state index in [2.05, 4.69) is 5.32 Å². The van der Waals surface area contributed by atoms with Crippen LogP contribution < -0.4 is 21.5 Å². The number of carbonyl (C=O) groups excluding carboxylic acids is 4. The molecule has 0 radical (unpaired) electrons. The third-order valence-electron chi connectivity index (χ3n) is 7.64. The zero-order valence-electron chi connectivity index (χ0n) is 22.7. The number of hydrogen-bond donors (Lipinski definition) is 5. The van der Waals surface area contributed by atoms with Gasteiger partial charge < -0.3 is 31.5 Å². The summed E-state index contributed by atoms with van der Waals surface area (Å²) in [6, 6.07) is 7.59. The molecule has 13 nitrogen and oxygen atoms in total. The first-order chi connectivity index (χ1) is 18.7. The number of benzene rings is 1. The summed E-state index contributed by atoms with van der Waals surface area (Å²) in [5.41, 5.74) is 10.1. The molecule has 3 rings (SSSR count). The van der Waals surface area contributed by atoms with Crippen molar-refractivity contribution in [3.05, 3.63) is 47.7 Å². The van der Waals surface area contributed by atoms with Gasteiger partial charge in [-0.1, -0.05) is 50.6 Å². The molecule has 0 bridgehead atoms. The molecule has 0 unspecified atom stereocenters. The topological polar surface area (TPSA) is 211 Å². The minimum Gasteiger partial charge on any atom is -0.459 e. The Morgan fingerprint density at radius 1 is 1.23 bits per heavy atom. The highest BCUT2D eigenvalue weighted by Gasteiger charge is 2.63. The fraction of sp³-hybridized carbons (Fsp3) is 0.538. The van der Waals surface area contributed by atoms with Gasteiger partial charge in [-0.25, -0.2) is 13.2 Å². The Morgan fingerprint density at radius 3 is 2.48 bits per heavy atom. The monoisotopic (exact) mass is 579 g/mol. The molecule has 1 aromatic carbocycles. The lowest BCUT2D eigenvalue weighted by Crippen LogP contribution is -2.66. The number of nitrogens with zero attached hydrogens (tertiary/aromatic N) is 1. The van der Waals surface area contributed by atoms with Gasteiger partial charge in [0.15, 0.2) is 5.54 Å². The lowest BCUT2D eigenvalue weighted by molar-refractivity contribution is -0.162. The second-order valence-electron chi connectivity index (χ2n) is 10.5. The molecule has 1 aliphatic carbocycles. The van der Waals surface area contributed by atoms with Gasteiger partial charge in [-0.2, -0.15) is 0 Å². The van der Waals surface area contributed by atoms with Crippen LogP contribution in [0.5, 0.6) is 0 Å². The number of aliphatic hydroxyl groups excluding tert-OH is 1. The highest BCUT2D eigenvalue weighted by molar-refractivity contribution is 7.90. The molecule has 1 heterocycles. The molecular weight excluding hydrogens is 542 g/mol. The van der Waals surface area contributed by atoms with E-state index in [0.717, 1.165) is 0 Å². The first-order valence-corrected chi connectivity index (χ1v) is 14.6. The van der Waals surface area contributed by atoms with Gasteiger partial charge in [-0.3, -0.25) is 19.1 Å². The number of ether oxygens (including phenoxy) is 1. The quantitative estimate of drug-likeness (QED) is 0.196. The number of nitrogens with two attached hydrogens (primary N) is 2. The number of hydrogen-bond acceptors (Lipinski definition) is 10. The molecule has 0 saturated heterocycles. The number of esters is 1. The van der Waals surface area contributed by atoms with Crippen molar-refractivity contribution < 1.29 is 37.4 Å². The number of amides is 3.